The molecular formula is C20H29N3O4. The van der Waals surface area contributed by atoms with Gasteiger partial charge in [-0.25, -0.2) is 0 Å². The first-order chi connectivity index (χ1) is 12.3. The number of anilines is 1. The molecule has 1 aromatic rings. The second-order valence-electron chi connectivity index (χ2n) is 8.61. The van der Waals surface area contributed by atoms with Crippen LogP contribution in [-0.4, -0.2) is 41.4 Å². The summed E-state index contributed by atoms with van der Waals surface area (Å²) in [6, 6.07) is 4.86. The van der Waals surface area contributed by atoms with Gasteiger partial charge in [-0.05, 0) is 66.7 Å². The zero-order valence-corrected chi connectivity index (χ0v) is 17.1. The molecule has 3 amide bonds. The number of ether oxygens (including phenoxy) is 1. The molecule has 0 unspecified atom stereocenters. The number of carbonyl (C=O) groups excluding carboxylic acids is 3. The number of carbonyl (C=O) groups is 3. The van der Waals surface area contributed by atoms with Crippen LogP contribution in [0.25, 0.3) is 0 Å². The summed E-state index contributed by atoms with van der Waals surface area (Å²) in [6.07, 6.45) is 0. The first-order valence-corrected chi connectivity index (χ1v) is 9.07. The molecule has 0 saturated carbocycles. The van der Waals surface area contributed by atoms with E-state index in [1.165, 1.54) is 4.90 Å². The lowest BCUT2D eigenvalue weighted by Crippen LogP contribution is -2.55. The van der Waals surface area contributed by atoms with Crippen molar-refractivity contribution in [2.75, 3.05) is 11.4 Å². The highest BCUT2D eigenvalue weighted by atomic mass is 16.5. The van der Waals surface area contributed by atoms with E-state index in [2.05, 4.69) is 10.6 Å². The molecule has 1 aromatic carbocycles. The average Bonchev–Trinajstić information content (AvgIpc) is 2.48. The highest BCUT2D eigenvalue weighted by molar-refractivity contribution is 6.07. The number of fused-ring (bicyclic) bond motifs is 1. The number of amides is 3. The molecule has 0 aromatic heterocycles. The van der Waals surface area contributed by atoms with Gasteiger partial charge in [0.2, 0.25) is 5.91 Å². The van der Waals surface area contributed by atoms with Crippen molar-refractivity contribution in [1.29, 1.82) is 0 Å². The minimum Gasteiger partial charge on any atom is -0.476 e. The Balaban J connectivity index is 2.40. The quantitative estimate of drug-likeness (QED) is 0.845. The van der Waals surface area contributed by atoms with E-state index in [1.807, 2.05) is 34.6 Å². The summed E-state index contributed by atoms with van der Waals surface area (Å²) in [5.74, 6) is -0.396. The molecule has 7 heteroatoms. The molecule has 7 nitrogen and oxygen atoms in total. The third kappa shape index (κ3) is 4.99. The third-order valence-corrected chi connectivity index (χ3v) is 3.88. The SMILES string of the molecule is CC(C)NC(=O)CN1C(=O)C(C)(C)Oc2ccc(C(=O)NC(C)(C)C)cc21. The molecule has 0 spiro atoms. The predicted octanol–water partition coefficient (Wildman–Crippen LogP) is 2.24. The zero-order valence-electron chi connectivity index (χ0n) is 17.1. The van der Waals surface area contributed by atoms with E-state index >= 15 is 0 Å². The molecule has 0 radical (unpaired) electrons. The standard InChI is InChI=1S/C20H29N3O4/c1-12(2)21-16(24)11-23-14-10-13(17(25)22-19(3,4)5)8-9-15(14)27-20(6,7)18(23)26/h8-10,12H,11H2,1-7H3,(H,21,24)(H,22,25). The molecule has 0 fully saturated rings. The fourth-order valence-corrected chi connectivity index (χ4v) is 2.79. The molecule has 0 bridgehead atoms. The van der Waals surface area contributed by atoms with Gasteiger partial charge in [-0.15, -0.1) is 0 Å². The van der Waals surface area contributed by atoms with Gasteiger partial charge in [-0.3, -0.25) is 19.3 Å². The number of nitrogens with one attached hydrogen (secondary N) is 2. The lowest BCUT2D eigenvalue weighted by molar-refractivity contribution is -0.134. The van der Waals surface area contributed by atoms with E-state index in [9.17, 15) is 14.4 Å². The van der Waals surface area contributed by atoms with Crippen LogP contribution in [0.15, 0.2) is 18.2 Å². The Morgan fingerprint density at radius 1 is 1.22 bits per heavy atom. The monoisotopic (exact) mass is 375 g/mol. The topological polar surface area (TPSA) is 87.7 Å². The molecule has 1 aliphatic heterocycles. The largest absolute Gasteiger partial charge is 0.476 e. The number of hydrogen-bond acceptors (Lipinski definition) is 4. The molecule has 0 atom stereocenters. The van der Waals surface area contributed by atoms with Gasteiger partial charge in [0.15, 0.2) is 5.60 Å². The van der Waals surface area contributed by atoms with Gasteiger partial charge in [-0.2, -0.15) is 0 Å². The Hall–Kier alpha value is -2.57. The number of nitrogens with zero attached hydrogens (tertiary/aromatic N) is 1. The van der Waals surface area contributed by atoms with E-state index in [0.717, 1.165) is 0 Å². The Morgan fingerprint density at radius 2 is 1.85 bits per heavy atom. The van der Waals surface area contributed by atoms with Crippen LogP contribution >= 0.6 is 0 Å². The summed E-state index contributed by atoms with van der Waals surface area (Å²) in [6.45, 7) is 12.6. The van der Waals surface area contributed by atoms with Crippen molar-refractivity contribution in [1.82, 2.24) is 10.6 Å². The van der Waals surface area contributed by atoms with Crippen LogP contribution in [0.5, 0.6) is 5.75 Å². The Kier molecular flexibility index (Phi) is 5.54. The minimum absolute atomic E-state index is 0.0370. The van der Waals surface area contributed by atoms with Crippen molar-refractivity contribution in [3.8, 4) is 5.75 Å². The third-order valence-electron chi connectivity index (χ3n) is 3.88. The Labute approximate surface area is 160 Å². The highest BCUT2D eigenvalue weighted by Crippen LogP contribution is 2.38. The van der Waals surface area contributed by atoms with E-state index in [-0.39, 0.29) is 30.3 Å². The Morgan fingerprint density at radius 3 is 2.41 bits per heavy atom. The first-order valence-electron chi connectivity index (χ1n) is 9.07. The summed E-state index contributed by atoms with van der Waals surface area (Å²) < 4.78 is 5.81. The normalized spacial score (nSPS) is 15.9. The van der Waals surface area contributed by atoms with E-state index < -0.39 is 11.1 Å². The van der Waals surface area contributed by atoms with Crippen LogP contribution in [0, 0.1) is 0 Å². The van der Waals surface area contributed by atoms with Gasteiger partial charge in [0.1, 0.15) is 12.3 Å². The fourth-order valence-electron chi connectivity index (χ4n) is 2.79. The maximum atomic E-state index is 12.9. The summed E-state index contributed by atoms with van der Waals surface area (Å²) in [5, 5.41) is 5.67. The molecule has 148 valence electrons. The van der Waals surface area contributed by atoms with Crippen LogP contribution in [0.3, 0.4) is 0 Å². The first kappa shape index (κ1) is 20.7. The second-order valence-corrected chi connectivity index (χ2v) is 8.61. The molecule has 1 heterocycles. The van der Waals surface area contributed by atoms with Gasteiger partial charge in [0.25, 0.3) is 11.8 Å². The van der Waals surface area contributed by atoms with Gasteiger partial charge in [-0.1, -0.05) is 0 Å². The predicted molar refractivity (Wildman–Crippen MR) is 104 cm³/mol. The van der Waals surface area contributed by atoms with E-state index in [4.69, 9.17) is 4.74 Å². The second kappa shape index (κ2) is 7.21. The van der Waals surface area contributed by atoms with Crippen LogP contribution in [-0.2, 0) is 9.59 Å². The number of benzene rings is 1. The zero-order chi connectivity index (χ0) is 20.6. The smallest absolute Gasteiger partial charge is 0.271 e. The fraction of sp³-hybridized carbons (Fsp3) is 0.550. The van der Waals surface area contributed by atoms with Crippen molar-refractivity contribution in [2.45, 2.75) is 65.6 Å². The molecular weight excluding hydrogens is 346 g/mol. The van der Waals surface area contributed by atoms with Crippen molar-refractivity contribution in [3.05, 3.63) is 23.8 Å². The maximum Gasteiger partial charge on any atom is 0.271 e. The van der Waals surface area contributed by atoms with Gasteiger partial charge in [0, 0.05) is 17.1 Å². The highest BCUT2D eigenvalue weighted by Gasteiger charge is 2.42. The van der Waals surface area contributed by atoms with Crippen LogP contribution in [0.1, 0.15) is 58.8 Å². The van der Waals surface area contributed by atoms with Crippen molar-refractivity contribution in [3.63, 3.8) is 0 Å². The van der Waals surface area contributed by atoms with Crippen molar-refractivity contribution in [2.24, 2.45) is 0 Å². The molecule has 0 saturated heterocycles. The lowest BCUT2D eigenvalue weighted by Gasteiger charge is -2.38. The van der Waals surface area contributed by atoms with Crippen molar-refractivity contribution >= 4 is 23.4 Å². The molecule has 2 rings (SSSR count). The lowest BCUT2D eigenvalue weighted by atomic mass is 10.0. The molecule has 0 aliphatic carbocycles. The van der Waals surface area contributed by atoms with Crippen LogP contribution in [0.2, 0.25) is 0 Å². The summed E-state index contributed by atoms with van der Waals surface area (Å²) >= 11 is 0. The van der Waals surface area contributed by atoms with Crippen LogP contribution < -0.4 is 20.3 Å². The van der Waals surface area contributed by atoms with Gasteiger partial charge >= 0.3 is 0 Å². The number of hydrogen-bond donors (Lipinski definition) is 2. The molecule has 1 aliphatic rings. The Bertz CT molecular complexity index is 763. The average molecular weight is 375 g/mol. The van der Waals surface area contributed by atoms with E-state index in [0.29, 0.717) is 17.0 Å². The molecule has 27 heavy (non-hydrogen) atoms. The summed E-state index contributed by atoms with van der Waals surface area (Å²) in [5.41, 5.74) is -0.674. The van der Waals surface area contributed by atoms with Crippen molar-refractivity contribution < 1.29 is 19.1 Å². The van der Waals surface area contributed by atoms with E-state index in [1.54, 1.807) is 32.0 Å². The summed E-state index contributed by atoms with van der Waals surface area (Å²) in [4.78, 5) is 39.0. The van der Waals surface area contributed by atoms with Gasteiger partial charge in [0.05, 0.1) is 5.69 Å². The van der Waals surface area contributed by atoms with Gasteiger partial charge < -0.3 is 15.4 Å². The summed E-state index contributed by atoms with van der Waals surface area (Å²) in [7, 11) is 0. The number of rotatable bonds is 4. The minimum atomic E-state index is -1.10. The maximum absolute atomic E-state index is 12.9. The van der Waals surface area contributed by atoms with Crippen LogP contribution in [0.4, 0.5) is 5.69 Å². The molecule has 2 N–H and O–H groups in total.